The Labute approximate surface area is 115 Å². The van der Waals surface area contributed by atoms with Gasteiger partial charge >= 0.3 is 12.0 Å². The molecule has 0 aliphatic rings. The van der Waals surface area contributed by atoms with E-state index in [9.17, 15) is 9.59 Å². The van der Waals surface area contributed by atoms with Gasteiger partial charge in [-0.15, -0.1) is 0 Å². The monoisotopic (exact) mass is 274 g/mol. The topological polar surface area (TPSA) is 78.9 Å². The number of aliphatic carboxylic acids is 1. The lowest BCUT2D eigenvalue weighted by molar-refractivity contribution is -0.141. The summed E-state index contributed by atoms with van der Waals surface area (Å²) in [5.74, 6) is -0.992. The van der Waals surface area contributed by atoms with E-state index in [2.05, 4.69) is 19.2 Å². The Balaban J connectivity index is 3.92. The van der Waals surface area contributed by atoms with Crippen molar-refractivity contribution in [3.05, 3.63) is 0 Å². The molecule has 0 bridgehead atoms. The van der Waals surface area contributed by atoms with Gasteiger partial charge in [-0.2, -0.15) is 0 Å². The predicted molar refractivity (Wildman–Crippen MR) is 73.1 cm³/mol. The highest BCUT2D eigenvalue weighted by Gasteiger charge is 2.18. The van der Waals surface area contributed by atoms with Gasteiger partial charge in [0, 0.05) is 26.2 Å². The highest BCUT2D eigenvalue weighted by Crippen LogP contribution is 2.00. The van der Waals surface area contributed by atoms with Crippen molar-refractivity contribution < 1.29 is 19.4 Å². The molecule has 0 aromatic heterocycles. The third-order valence-corrected chi connectivity index (χ3v) is 2.56. The fourth-order valence-electron chi connectivity index (χ4n) is 1.43. The molecular formula is C13H26N2O4. The first-order valence-corrected chi connectivity index (χ1v) is 6.71. The lowest BCUT2D eigenvalue weighted by Crippen LogP contribution is -2.44. The number of carboxylic acid groups (broad SMARTS) is 1. The maximum Gasteiger partial charge on any atom is 0.317 e. The van der Waals surface area contributed by atoms with E-state index in [1.807, 2.05) is 6.92 Å². The Bertz CT molecular complexity index is 282. The summed E-state index contributed by atoms with van der Waals surface area (Å²) in [6, 6.07) is -0.247. The van der Waals surface area contributed by atoms with Crippen molar-refractivity contribution in [2.75, 3.05) is 32.8 Å². The second-order valence-electron chi connectivity index (χ2n) is 4.98. The molecule has 0 aromatic carbocycles. The van der Waals surface area contributed by atoms with Crippen molar-refractivity contribution in [3.8, 4) is 0 Å². The van der Waals surface area contributed by atoms with E-state index >= 15 is 0 Å². The zero-order chi connectivity index (χ0) is 14.8. The van der Waals surface area contributed by atoms with Gasteiger partial charge in [-0.1, -0.05) is 20.8 Å². The van der Waals surface area contributed by atoms with Crippen molar-refractivity contribution in [1.29, 1.82) is 0 Å². The smallest absolute Gasteiger partial charge is 0.317 e. The summed E-state index contributed by atoms with van der Waals surface area (Å²) in [5, 5.41) is 11.5. The largest absolute Gasteiger partial charge is 0.481 e. The van der Waals surface area contributed by atoms with Crippen LogP contribution in [0.3, 0.4) is 0 Å². The number of carbonyl (C=O) groups is 2. The van der Waals surface area contributed by atoms with E-state index in [0.29, 0.717) is 32.2 Å². The van der Waals surface area contributed by atoms with Gasteiger partial charge in [-0.3, -0.25) is 4.79 Å². The van der Waals surface area contributed by atoms with Gasteiger partial charge in [0.2, 0.25) is 0 Å². The molecule has 0 heterocycles. The fourth-order valence-corrected chi connectivity index (χ4v) is 1.43. The zero-order valence-corrected chi connectivity index (χ0v) is 12.3. The van der Waals surface area contributed by atoms with Crippen LogP contribution in [0.15, 0.2) is 0 Å². The maximum absolute atomic E-state index is 11.8. The van der Waals surface area contributed by atoms with E-state index < -0.39 is 11.9 Å². The summed E-state index contributed by atoms with van der Waals surface area (Å²) in [5.41, 5.74) is 0. The van der Waals surface area contributed by atoms with Crippen LogP contribution in [0.2, 0.25) is 0 Å². The predicted octanol–water partition coefficient (Wildman–Crippen LogP) is 1.41. The molecule has 0 aliphatic carbocycles. The molecule has 0 fully saturated rings. The van der Waals surface area contributed by atoms with Crippen molar-refractivity contribution >= 4 is 12.0 Å². The Kier molecular flexibility index (Phi) is 8.95. The molecule has 112 valence electrons. The Morgan fingerprint density at radius 1 is 1.32 bits per heavy atom. The highest BCUT2D eigenvalue weighted by molar-refractivity contribution is 5.75. The summed E-state index contributed by atoms with van der Waals surface area (Å²) in [6.07, 6.45) is 0. The van der Waals surface area contributed by atoms with Crippen LogP contribution in [-0.2, 0) is 9.53 Å². The number of nitrogens with zero attached hydrogens (tertiary/aromatic N) is 1. The third kappa shape index (κ3) is 8.42. The standard InChI is InChI=1S/C13H26N2O4/c1-5-15(8-11(4)12(16)17)13(18)14-6-7-19-9-10(2)3/h10-11H,5-9H2,1-4H3,(H,14,18)(H,16,17). The minimum Gasteiger partial charge on any atom is -0.481 e. The Morgan fingerprint density at radius 2 is 1.95 bits per heavy atom. The van der Waals surface area contributed by atoms with Crippen molar-refractivity contribution in [3.63, 3.8) is 0 Å². The summed E-state index contributed by atoms with van der Waals surface area (Å²) in [4.78, 5) is 24.0. The van der Waals surface area contributed by atoms with Crippen molar-refractivity contribution in [1.82, 2.24) is 10.2 Å². The normalized spacial score (nSPS) is 12.3. The van der Waals surface area contributed by atoms with Crippen LogP contribution in [0.5, 0.6) is 0 Å². The van der Waals surface area contributed by atoms with Crippen LogP contribution in [0.25, 0.3) is 0 Å². The van der Waals surface area contributed by atoms with Gasteiger partial charge < -0.3 is 20.1 Å². The zero-order valence-electron chi connectivity index (χ0n) is 12.3. The first-order valence-electron chi connectivity index (χ1n) is 6.71. The number of carboxylic acids is 1. The molecule has 2 amide bonds. The number of hydrogen-bond donors (Lipinski definition) is 2. The number of hydrogen-bond acceptors (Lipinski definition) is 3. The van der Waals surface area contributed by atoms with E-state index in [1.54, 1.807) is 6.92 Å². The van der Waals surface area contributed by atoms with E-state index in [0.717, 1.165) is 0 Å². The van der Waals surface area contributed by atoms with Gasteiger partial charge in [-0.25, -0.2) is 4.79 Å². The van der Waals surface area contributed by atoms with Crippen LogP contribution in [0, 0.1) is 11.8 Å². The molecule has 1 unspecified atom stereocenters. The van der Waals surface area contributed by atoms with Crippen LogP contribution < -0.4 is 5.32 Å². The lowest BCUT2D eigenvalue weighted by Gasteiger charge is -2.23. The Morgan fingerprint density at radius 3 is 2.42 bits per heavy atom. The molecule has 6 nitrogen and oxygen atoms in total. The van der Waals surface area contributed by atoms with Gasteiger partial charge in [0.05, 0.1) is 12.5 Å². The molecule has 0 spiro atoms. The first kappa shape index (κ1) is 17.7. The summed E-state index contributed by atoms with van der Waals surface area (Å²) >= 11 is 0. The average molecular weight is 274 g/mol. The average Bonchev–Trinajstić information content (AvgIpc) is 2.34. The first-order chi connectivity index (χ1) is 8.88. The molecule has 0 saturated carbocycles. The minimum atomic E-state index is -0.897. The van der Waals surface area contributed by atoms with Crippen LogP contribution >= 0.6 is 0 Å². The van der Waals surface area contributed by atoms with Gasteiger partial charge in [0.1, 0.15) is 0 Å². The lowest BCUT2D eigenvalue weighted by atomic mass is 10.2. The van der Waals surface area contributed by atoms with Crippen molar-refractivity contribution in [2.45, 2.75) is 27.7 Å². The van der Waals surface area contributed by atoms with Gasteiger partial charge in [0.15, 0.2) is 0 Å². The summed E-state index contributed by atoms with van der Waals surface area (Å²) in [6.45, 7) is 9.80. The molecule has 0 radical (unpaired) electrons. The molecule has 0 saturated heterocycles. The summed E-state index contributed by atoms with van der Waals surface area (Å²) in [7, 11) is 0. The van der Waals surface area contributed by atoms with Gasteiger partial charge in [-0.05, 0) is 12.8 Å². The van der Waals surface area contributed by atoms with Crippen LogP contribution in [-0.4, -0.2) is 54.9 Å². The van der Waals surface area contributed by atoms with Crippen LogP contribution in [0.1, 0.15) is 27.7 Å². The molecule has 2 N–H and O–H groups in total. The number of rotatable bonds is 9. The van der Waals surface area contributed by atoms with E-state index in [-0.39, 0.29) is 12.6 Å². The quantitative estimate of drug-likeness (QED) is 0.623. The fraction of sp³-hybridized carbons (Fsp3) is 0.846. The SMILES string of the molecule is CCN(CC(C)C(=O)O)C(=O)NCCOCC(C)C. The number of nitrogens with one attached hydrogen (secondary N) is 1. The number of carbonyl (C=O) groups excluding carboxylic acids is 1. The molecule has 0 rings (SSSR count). The van der Waals surface area contributed by atoms with Crippen LogP contribution in [0.4, 0.5) is 4.79 Å². The number of ether oxygens (including phenoxy) is 1. The van der Waals surface area contributed by atoms with Gasteiger partial charge in [0.25, 0.3) is 0 Å². The maximum atomic E-state index is 11.8. The van der Waals surface area contributed by atoms with E-state index in [4.69, 9.17) is 9.84 Å². The minimum absolute atomic E-state index is 0.213. The third-order valence-electron chi connectivity index (χ3n) is 2.56. The molecule has 6 heteroatoms. The number of urea groups is 1. The summed E-state index contributed by atoms with van der Waals surface area (Å²) < 4.78 is 5.35. The van der Waals surface area contributed by atoms with Crippen molar-refractivity contribution in [2.24, 2.45) is 11.8 Å². The number of amides is 2. The highest BCUT2D eigenvalue weighted by atomic mass is 16.5. The molecule has 1 atom stereocenters. The molecule has 0 aromatic rings. The van der Waals surface area contributed by atoms with E-state index in [1.165, 1.54) is 4.90 Å². The Hall–Kier alpha value is -1.30. The molecule has 0 aliphatic heterocycles. The second-order valence-corrected chi connectivity index (χ2v) is 4.98. The second kappa shape index (κ2) is 9.61. The molecular weight excluding hydrogens is 248 g/mol. The molecule has 19 heavy (non-hydrogen) atoms.